The number of amides is 2. The second kappa shape index (κ2) is 9.70. The van der Waals surface area contributed by atoms with Gasteiger partial charge in [-0.1, -0.05) is 0 Å². The monoisotopic (exact) mass is 546 g/mol. The average Bonchev–Trinajstić information content (AvgIpc) is 3.57. The van der Waals surface area contributed by atoms with E-state index in [1.807, 2.05) is 16.8 Å². The fourth-order valence-electron chi connectivity index (χ4n) is 5.90. The van der Waals surface area contributed by atoms with Crippen molar-refractivity contribution in [3.05, 3.63) is 48.7 Å². The minimum atomic E-state index is -1.11. The highest BCUT2D eigenvalue weighted by Crippen LogP contribution is 2.38. The second-order valence-electron chi connectivity index (χ2n) is 10.7. The van der Waals surface area contributed by atoms with Crippen LogP contribution in [0.1, 0.15) is 39.7 Å². The van der Waals surface area contributed by atoms with E-state index in [1.165, 1.54) is 29.1 Å². The minimum absolute atomic E-state index is 0.143. The molecule has 2 N–H and O–H groups in total. The van der Waals surface area contributed by atoms with Crippen LogP contribution in [0.3, 0.4) is 0 Å². The van der Waals surface area contributed by atoms with Crippen LogP contribution < -0.4 is 10.6 Å². The van der Waals surface area contributed by atoms with E-state index in [9.17, 15) is 9.59 Å². The molecule has 2 fully saturated rings. The van der Waals surface area contributed by atoms with Crippen molar-refractivity contribution < 1.29 is 18.7 Å². The highest BCUT2D eigenvalue weighted by molar-refractivity contribution is 6.03. The molecule has 3 aromatic heterocycles. The first kappa shape index (κ1) is 25.9. The number of aromatic nitrogens is 5. The molecule has 0 atom stereocenters. The number of ether oxygens (including phenoxy) is 1. The first-order valence-corrected chi connectivity index (χ1v) is 13.3. The van der Waals surface area contributed by atoms with Crippen LogP contribution in [0.25, 0.3) is 28.0 Å². The van der Waals surface area contributed by atoms with Gasteiger partial charge in [0, 0.05) is 50.6 Å². The molecule has 2 aliphatic rings. The van der Waals surface area contributed by atoms with Gasteiger partial charge in [0.1, 0.15) is 23.2 Å². The number of nitrogens with zero attached hydrogens (tertiary/aromatic N) is 7. The summed E-state index contributed by atoms with van der Waals surface area (Å²) in [7, 11) is 0. The molecule has 6 rings (SSSR count). The van der Waals surface area contributed by atoms with E-state index in [4.69, 9.17) is 10.5 Å². The second-order valence-corrected chi connectivity index (χ2v) is 10.7. The third-order valence-electron chi connectivity index (χ3n) is 7.97. The van der Waals surface area contributed by atoms with Crippen molar-refractivity contribution in [2.75, 3.05) is 36.9 Å². The molecular formula is C28H31FN8O3. The van der Waals surface area contributed by atoms with E-state index in [1.54, 1.807) is 36.7 Å². The molecule has 40 heavy (non-hydrogen) atoms. The smallest absolute Gasteiger partial charge is 0.252 e. The summed E-state index contributed by atoms with van der Waals surface area (Å²) in [6, 6.07) is 8.71. The zero-order chi connectivity index (χ0) is 28.2. The number of hydrogen-bond donors (Lipinski definition) is 1. The van der Waals surface area contributed by atoms with Crippen molar-refractivity contribution in [2.45, 2.75) is 45.2 Å². The first-order chi connectivity index (χ1) is 19.2. The third-order valence-corrected chi connectivity index (χ3v) is 7.97. The fraction of sp³-hybridized carbons (Fsp3) is 0.393. The van der Waals surface area contributed by atoms with Gasteiger partial charge in [0.15, 0.2) is 5.82 Å². The van der Waals surface area contributed by atoms with Crippen molar-refractivity contribution >= 4 is 28.8 Å². The number of piperazine rings is 1. The zero-order valence-electron chi connectivity index (χ0n) is 22.7. The van der Waals surface area contributed by atoms with Crippen LogP contribution >= 0.6 is 0 Å². The molecule has 4 aromatic rings. The van der Waals surface area contributed by atoms with Crippen LogP contribution in [0.5, 0.6) is 0 Å². The number of nitrogens with two attached hydrogens (primary N) is 1. The molecule has 208 valence electrons. The number of rotatable bonds is 4. The number of halogens is 1. The average molecular weight is 547 g/mol. The number of hydrogen-bond acceptors (Lipinski definition) is 7. The number of fused-ring (bicyclic) bond motifs is 1. The molecule has 0 saturated carbocycles. The summed E-state index contributed by atoms with van der Waals surface area (Å²) in [5.41, 5.74) is 9.01. The molecule has 2 saturated heterocycles. The number of carbonyl (C=O) groups is 2. The van der Waals surface area contributed by atoms with E-state index in [2.05, 4.69) is 15.2 Å². The van der Waals surface area contributed by atoms with Gasteiger partial charge < -0.3 is 20.3 Å². The summed E-state index contributed by atoms with van der Waals surface area (Å²) < 4.78 is 24.5. The maximum Gasteiger partial charge on any atom is 0.252 e. The maximum atomic E-state index is 15.3. The molecule has 2 aliphatic heterocycles. The van der Waals surface area contributed by atoms with E-state index < -0.39 is 11.4 Å². The van der Waals surface area contributed by atoms with E-state index >= 15 is 4.39 Å². The van der Waals surface area contributed by atoms with Crippen molar-refractivity contribution in [3.63, 3.8) is 0 Å². The van der Waals surface area contributed by atoms with Crippen molar-refractivity contribution in [1.82, 2.24) is 29.3 Å². The third kappa shape index (κ3) is 4.10. The Bertz CT molecular complexity index is 1620. The number of anilines is 2. The van der Waals surface area contributed by atoms with Crippen molar-refractivity contribution in [2.24, 2.45) is 0 Å². The van der Waals surface area contributed by atoms with Crippen LogP contribution in [0, 0.1) is 5.82 Å². The molecule has 0 unspecified atom stereocenters. The number of nitrogen functional groups attached to an aromatic ring is 1. The largest absolute Gasteiger partial charge is 0.382 e. The lowest BCUT2D eigenvalue weighted by Crippen LogP contribution is -2.64. The van der Waals surface area contributed by atoms with Crippen LogP contribution in [0.2, 0.25) is 0 Å². The summed E-state index contributed by atoms with van der Waals surface area (Å²) in [6.07, 6.45) is 4.84. The Morgan fingerprint density at radius 2 is 1.88 bits per heavy atom. The molecule has 2 amide bonds. The standard InChI is InChI=1S/C28H31FN8O3/c1-17(38)35-11-10-34(27(39)28(35,2)3)24-14-18(4-5-21(24)29)23-15-20(25-26(30)31-16-33-37(23)25)22-6-9-32-36(22)19-7-12-40-13-8-19/h4-6,9,14-16,19H,7-8,10-13H2,1-3H3,(H2,30,31,33). The molecule has 5 heterocycles. The van der Waals surface area contributed by atoms with E-state index in [0.717, 1.165) is 24.1 Å². The van der Waals surface area contributed by atoms with Gasteiger partial charge in [-0.05, 0) is 57.0 Å². The van der Waals surface area contributed by atoms with Gasteiger partial charge >= 0.3 is 0 Å². The molecule has 0 radical (unpaired) electrons. The summed E-state index contributed by atoms with van der Waals surface area (Å²) >= 11 is 0. The van der Waals surface area contributed by atoms with E-state index in [-0.39, 0.29) is 30.1 Å². The molecule has 1 aromatic carbocycles. The van der Waals surface area contributed by atoms with Crippen LogP contribution in [-0.4, -0.2) is 72.9 Å². The Kier molecular flexibility index (Phi) is 6.29. The lowest BCUT2D eigenvalue weighted by Gasteiger charge is -2.45. The lowest BCUT2D eigenvalue weighted by molar-refractivity contribution is -0.145. The Morgan fingerprint density at radius 3 is 2.62 bits per heavy atom. The molecule has 12 heteroatoms. The Balaban J connectivity index is 1.46. The van der Waals surface area contributed by atoms with Gasteiger partial charge in [0.25, 0.3) is 5.91 Å². The summed E-state index contributed by atoms with van der Waals surface area (Å²) in [5, 5.41) is 9.09. The van der Waals surface area contributed by atoms with Gasteiger partial charge in [-0.3, -0.25) is 14.3 Å². The molecule has 0 bridgehead atoms. The minimum Gasteiger partial charge on any atom is -0.382 e. The fourth-order valence-corrected chi connectivity index (χ4v) is 5.90. The van der Waals surface area contributed by atoms with Crippen molar-refractivity contribution in [3.8, 4) is 22.5 Å². The lowest BCUT2D eigenvalue weighted by atomic mass is 9.96. The summed E-state index contributed by atoms with van der Waals surface area (Å²) in [6.45, 7) is 6.62. The molecule has 0 aliphatic carbocycles. The Morgan fingerprint density at radius 1 is 1.10 bits per heavy atom. The summed E-state index contributed by atoms with van der Waals surface area (Å²) in [5.74, 6) is -0.776. The van der Waals surface area contributed by atoms with Gasteiger partial charge in [0.05, 0.1) is 23.1 Å². The van der Waals surface area contributed by atoms with Gasteiger partial charge in [-0.15, -0.1) is 0 Å². The predicted octanol–water partition coefficient (Wildman–Crippen LogP) is 3.31. The maximum absolute atomic E-state index is 15.3. The van der Waals surface area contributed by atoms with Gasteiger partial charge in [-0.25, -0.2) is 13.9 Å². The number of benzene rings is 1. The van der Waals surface area contributed by atoms with Crippen LogP contribution in [0.15, 0.2) is 42.9 Å². The molecule has 0 spiro atoms. The van der Waals surface area contributed by atoms with E-state index in [0.29, 0.717) is 42.4 Å². The normalized spacial score (nSPS) is 18.1. The Labute approximate surface area is 230 Å². The van der Waals surface area contributed by atoms with Crippen LogP contribution in [-0.2, 0) is 14.3 Å². The van der Waals surface area contributed by atoms with Gasteiger partial charge in [0.2, 0.25) is 5.91 Å². The SMILES string of the molecule is CC(=O)N1CCN(c2cc(-c3cc(-c4ccnn4C4CCOCC4)c4c(N)ncnn34)ccc2F)C(=O)C1(C)C. The van der Waals surface area contributed by atoms with Crippen LogP contribution in [0.4, 0.5) is 15.9 Å². The summed E-state index contributed by atoms with van der Waals surface area (Å²) in [4.78, 5) is 32.8. The van der Waals surface area contributed by atoms with Crippen molar-refractivity contribution in [1.29, 1.82) is 0 Å². The first-order valence-electron chi connectivity index (χ1n) is 13.3. The zero-order valence-corrected chi connectivity index (χ0v) is 22.7. The molecule has 11 nitrogen and oxygen atoms in total. The Hall–Kier alpha value is -4.32. The topological polar surface area (TPSA) is 124 Å². The number of carbonyl (C=O) groups excluding carboxylic acids is 2. The molecular weight excluding hydrogens is 515 g/mol. The highest BCUT2D eigenvalue weighted by atomic mass is 19.1. The quantitative estimate of drug-likeness (QED) is 0.417. The van der Waals surface area contributed by atoms with Gasteiger partial charge in [-0.2, -0.15) is 10.2 Å². The highest BCUT2D eigenvalue weighted by Gasteiger charge is 2.44. The predicted molar refractivity (Wildman–Crippen MR) is 147 cm³/mol.